The van der Waals surface area contributed by atoms with E-state index < -0.39 is 0 Å². The number of aromatic nitrogens is 1. The van der Waals surface area contributed by atoms with Crippen LogP contribution in [-0.4, -0.2) is 11.5 Å². The molecular weight excluding hydrogens is 244 g/mol. The van der Waals surface area contributed by atoms with Gasteiger partial charge in [0.15, 0.2) is 0 Å². The van der Waals surface area contributed by atoms with E-state index in [-0.39, 0.29) is 0 Å². The third-order valence-electron chi connectivity index (χ3n) is 3.77. The molecular formula is C18H26N2. The summed E-state index contributed by atoms with van der Waals surface area (Å²) in [5.41, 5.74) is 2.48. The summed E-state index contributed by atoms with van der Waals surface area (Å²) in [6, 6.07) is 11.3. The van der Waals surface area contributed by atoms with Gasteiger partial charge in [0.2, 0.25) is 0 Å². The molecule has 0 aliphatic rings. The Morgan fingerprint density at radius 1 is 1.10 bits per heavy atom. The number of fused-ring (bicyclic) bond motifs is 1. The van der Waals surface area contributed by atoms with Crippen molar-refractivity contribution in [3.8, 4) is 0 Å². The van der Waals surface area contributed by atoms with Gasteiger partial charge in [0, 0.05) is 17.6 Å². The van der Waals surface area contributed by atoms with Crippen LogP contribution in [0, 0.1) is 0 Å². The second-order valence-electron chi connectivity index (χ2n) is 5.46. The molecule has 2 nitrogen and oxygen atoms in total. The molecule has 0 radical (unpaired) electrons. The van der Waals surface area contributed by atoms with Gasteiger partial charge in [-0.15, -0.1) is 0 Å². The summed E-state index contributed by atoms with van der Waals surface area (Å²) in [6.07, 6.45) is 8.15. The maximum Gasteiger partial charge on any atom is 0.0702 e. The molecule has 0 saturated heterocycles. The van der Waals surface area contributed by atoms with Gasteiger partial charge < -0.3 is 5.32 Å². The second-order valence-corrected chi connectivity index (χ2v) is 5.46. The topological polar surface area (TPSA) is 24.9 Å². The molecule has 2 aromatic rings. The molecule has 1 aromatic heterocycles. The van der Waals surface area contributed by atoms with Crippen LogP contribution in [0.25, 0.3) is 10.9 Å². The largest absolute Gasteiger partial charge is 0.310 e. The fourth-order valence-electron chi connectivity index (χ4n) is 2.61. The molecule has 0 fully saturated rings. The average Bonchev–Trinajstić information content (AvgIpc) is 2.50. The molecule has 0 aliphatic heterocycles. The number of nitrogens with one attached hydrogen (secondary N) is 1. The lowest BCUT2D eigenvalue weighted by Gasteiger charge is -2.19. The maximum absolute atomic E-state index is 4.40. The zero-order valence-electron chi connectivity index (χ0n) is 12.7. The molecule has 1 aromatic carbocycles. The zero-order valence-corrected chi connectivity index (χ0v) is 12.7. The monoisotopic (exact) mass is 270 g/mol. The van der Waals surface area contributed by atoms with E-state index in [1.807, 2.05) is 12.3 Å². The van der Waals surface area contributed by atoms with Crippen molar-refractivity contribution in [2.24, 2.45) is 0 Å². The average molecular weight is 270 g/mol. The number of unbranched alkanes of at least 4 members (excludes halogenated alkanes) is 2. The Hall–Kier alpha value is -1.41. The fraction of sp³-hybridized carbons (Fsp3) is 0.500. The zero-order chi connectivity index (χ0) is 14.2. The summed E-state index contributed by atoms with van der Waals surface area (Å²) in [5, 5.41) is 4.93. The van der Waals surface area contributed by atoms with E-state index in [4.69, 9.17) is 0 Å². The first-order valence-corrected chi connectivity index (χ1v) is 7.93. The highest BCUT2D eigenvalue weighted by molar-refractivity contribution is 5.79. The first-order chi connectivity index (χ1) is 9.85. The summed E-state index contributed by atoms with van der Waals surface area (Å²) in [7, 11) is 0. The highest BCUT2D eigenvalue weighted by Gasteiger charge is 2.10. The van der Waals surface area contributed by atoms with Gasteiger partial charge in [0.1, 0.15) is 0 Å². The molecule has 0 aliphatic carbocycles. The van der Waals surface area contributed by atoms with E-state index in [1.54, 1.807) is 0 Å². The second kappa shape index (κ2) is 8.01. The van der Waals surface area contributed by atoms with Crippen molar-refractivity contribution in [3.05, 3.63) is 42.1 Å². The Labute approximate surface area is 122 Å². The summed E-state index contributed by atoms with van der Waals surface area (Å²) in [5.74, 6) is 0. The van der Waals surface area contributed by atoms with E-state index in [9.17, 15) is 0 Å². The van der Waals surface area contributed by atoms with Gasteiger partial charge >= 0.3 is 0 Å². The van der Waals surface area contributed by atoms with Crippen molar-refractivity contribution in [2.75, 3.05) is 6.54 Å². The quantitative estimate of drug-likeness (QED) is 0.693. The summed E-state index contributed by atoms with van der Waals surface area (Å²) < 4.78 is 0. The van der Waals surface area contributed by atoms with Crippen LogP contribution in [0.3, 0.4) is 0 Å². The number of nitrogens with zero attached hydrogens (tertiary/aromatic N) is 1. The Morgan fingerprint density at radius 2 is 2.00 bits per heavy atom. The fourth-order valence-corrected chi connectivity index (χ4v) is 2.61. The minimum Gasteiger partial charge on any atom is -0.310 e. The summed E-state index contributed by atoms with van der Waals surface area (Å²) >= 11 is 0. The minimum absolute atomic E-state index is 0.478. The van der Waals surface area contributed by atoms with Gasteiger partial charge in [0.05, 0.1) is 5.52 Å². The van der Waals surface area contributed by atoms with Gasteiger partial charge in [-0.2, -0.15) is 0 Å². The van der Waals surface area contributed by atoms with Crippen LogP contribution in [0.4, 0.5) is 0 Å². The van der Waals surface area contributed by atoms with Gasteiger partial charge in [0.25, 0.3) is 0 Å². The Kier molecular flexibility index (Phi) is 6.00. The summed E-state index contributed by atoms with van der Waals surface area (Å²) in [6.45, 7) is 5.57. The highest BCUT2D eigenvalue weighted by atomic mass is 14.9. The smallest absolute Gasteiger partial charge is 0.0702 e. The lowest BCUT2D eigenvalue weighted by atomic mass is 9.98. The molecule has 1 heterocycles. The van der Waals surface area contributed by atoms with Crippen molar-refractivity contribution >= 4 is 10.9 Å². The lowest BCUT2D eigenvalue weighted by Crippen LogP contribution is -2.22. The molecule has 2 heteroatoms. The molecule has 108 valence electrons. The Balaban J connectivity index is 2.15. The summed E-state index contributed by atoms with van der Waals surface area (Å²) in [4.78, 5) is 4.40. The Bertz CT molecular complexity index is 522. The number of hydrogen-bond donors (Lipinski definition) is 1. The van der Waals surface area contributed by atoms with Crippen LogP contribution in [0.1, 0.15) is 57.6 Å². The van der Waals surface area contributed by atoms with Crippen LogP contribution in [-0.2, 0) is 0 Å². The van der Waals surface area contributed by atoms with E-state index in [1.165, 1.54) is 43.1 Å². The predicted molar refractivity (Wildman–Crippen MR) is 86.9 cm³/mol. The molecule has 0 saturated carbocycles. The van der Waals surface area contributed by atoms with Gasteiger partial charge in [-0.1, -0.05) is 45.2 Å². The van der Waals surface area contributed by atoms with Gasteiger partial charge in [-0.3, -0.25) is 4.98 Å². The first-order valence-electron chi connectivity index (χ1n) is 7.93. The SMILES string of the molecule is CCCCCC(NCCC)c1ccc2ncccc2c1. The third kappa shape index (κ3) is 4.04. The van der Waals surface area contributed by atoms with Crippen LogP contribution < -0.4 is 5.32 Å². The van der Waals surface area contributed by atoms with E-state index in [0.29, 0.717) is 6.04 Å². The molecule has 0 amide bonds. The number of pyridine rings is 1. The molecule has 1 unspecified atom stereocenters. The van der Waals surface area contributed by atoms with Crippen LogP contribution in [0.5, 0.6) is 0 Å². The third-order valence-corrected chi connectivity index (χ3v) is 3.77. The molecule has 20 heavy (non-hydrogen) atoms. The molecule has 1 N–H and O–H groups in total. The lowest BCUT2D eigenvalue weighted by molar-refractivity contribution is 0.475. The predicted octanol–water partition coefficient (Wildman–Crippen LogP) is 4.86. The van der Waals surface area contributed by atoms with Gasteiger partial charge in [-0.25, -0.2) is 0 Å². The molecule has 2 rings (SSSR count). The maximum atomic E-state index is 4.40. The van der Waals surface area contributed by atoms with Crippen molar-refractivity contribution < 1.29 is 0 Å². The van der Waals surface area contributed by atoms with E-state index in [2.05, 4.69) is 48.4 Å². The minimum atomic E-state index is 0.478. The van der Waals surface area contributed by atoms with Crippen molar-refractivity contribution in [1.82, 2.24) is 10.3 Å². The van der Waals surface area contributed by atoms with Crippen LogP contribution in [0.2, 0.25) is 0 Å². The van der Waals surface area contributed by atoms with Crippen LogP contribution in [0.15, 0.2) is 36.5 Å². The standard InChI is InChI=1S/C18H26N2/c1-3-5-6-9-17(19-12-4-2)16-10-11-18-15(14-16)8-7-13-20-18/h7-8,10-11,13-14,17,19H,3-6,9,12H2,1-2H3. The highest BCUT2D eigenvalue weighted by Crippen LogP contribution is 2.23. The Morgan fingerprint density at radius 3 is 2.80 bits per heavy atom. The number of benzene rings is 1. The molecule has 1 atom stereocenters. The molecule has 0 spiro atoms. The van der Waals surface area contributed by atoms with Crippen LogP contribution >= 0.6 is 0 Å². The van der Waals surface area contributed by atoms with Crippen molar-refractivity contribution in [3.63, 3.8) is 0 Å². The van der Waals surface area contributed by atoms with E-state index >= 15 is 0 Å². The van der Waals surface area contributed by atoms with Gasteiger partial charge in [-0.05, 0) is 43.1 Å². The number of hydrogen-bond acceptors (Lipinski definition) is 2. The van der Waals surface area contributed by atoms with Crippen molar-refractivity contribution in [2.45, 2.75) is 52.0 Å². The first kappa shape index (κ1) is 15.0. The van der Waals surface area contributed by atoms with Crippen molar-refractivity contribution in [1.29, 1.82) is 0 Å². The molecule has 0 bridgehead atoms. The van der Waals surface area contributed by atoms with E-state index in [0.717, 1.165) is 12.1 Å². The number of rotatable bonds is 8. The normalized spacial score (nSPS) is 12.7.